The highest BCUT2D eigenvalue weighted by Gasteiger charge is 2.47. The zero-order valence-corrected chi connectivity index (χ0v) is 65.0. The van der Waals surface area contributed by atoms with Gasteiger partial charge >= 0.3 is 23.9 Å². The summed E-state index contributed by atoms with van der Waals surface area (Å²) in [5.74, 6) is -1.76. The van der Waals surface area contributed by atoms with Crippen molar-refractivity contribution in [3.05, 3.63) is 185 Å². The van der Waals surface area contributed by atoms with Crippen LogP contribution in [0, 0.1) is 11.8 Å². The summed E-state index contributed by atoms with van der Waals surface area (Å²) in [6.07, 6.45) is 11.4. The van der Waals surface area contributed by atoms with Gasteiger partial charge in [0.2, 0.25) is 0 Å². The van der Waals surface area contributed by atoms with E-state index in [1.54, 1.807) is 119 Å². The van der Waals surface area contributed by atoms with E-state index in [2.05, 4.69) is 39.3 Å². The molecule has 0 amide bonds. The summed E-state index contributed by atoms with van der Waals surface area (Å²) < 4.78 is 93.1. The molecule has 103 heavy (non-hydrogen) atoms. The van der Waals surface area contributed by atoms with E-state index in [9.17, 15) is 24.3 Å². The molecule has 0 aromatic heterocycles. The van der Waals surface area contributed by atoms with E-state index in [-0.39, 0.29) is 54.7 Å². The summed E-state index contributed by atoms with van der Waals surface area (Å²) in [7, 11) is 4.84. The van der Waals surface area contributed by atoms with Gasteiger partial charge in [0.05, 0.1) is 71.1 Å². The summed E-state index contributed by atoms with van der Waals surface area (Å²) >= 11 is 0. The lowest BCUT2D eigenvalue weighted by Crippen LogP contribution is -2.37. The monoisotopic (exact) mass is 1460 g/mol. The van der Waals surface area contributed by atoms with Gasteiger partial charge in [-0.05, 0) is 142 Å². The van der Waals surface area contributed by atoms with Crippen molar-refractivity contribution in [2.75, 3.05) is 75.6 Å². The van der Waals surface area contributed by atoms with Gasteiger partial charge in [-0.15, -0.1) is 0 Å². The number of carbonyl (C=O) groups excluding carboxylic acids is 4. The molecule has 2 fully saturated rings. The van der Waals surface area contributed by atoms with Crippen LogP contribution < -0.4 is 23.7 Å². The molecule has 8 atom stereocenters. The average Bonchev–Trinajstić information content (AvgIpc) is 1.77. The highest BCUT2D eigenvalue weighted by molar-refractivity contribution is 6.76. The molecule has 2 aliphatic rings. The second-order valence-corrected chi connectivity index (χ2v) is 39.7. The summed E-state index contributed by atoms with van der Waals surface area (Å²) in [6, 6.07) is 33.7. The Morgan fingerprint density at radius 3 is 1.30 bits per heavy atom. The normalized spacial score (nSPS) is 18.4. The minimum absolute atomic E-state index is 0.00800. The number of ether oxygens (including phenoxy) is 16. The number of benzene rings is 5. The Morgan fingerprint density at radius 2 is 0.922 bits per heavy atom. The number of hydrogen-bond acceptors (Lipinski definition) is 21. The fourth-order valence-corrected chi connectivity index (χ4v) is 12.2. The van der Waals surface area contributed by atoms with Crippen molar-refractivity contribution < 1.29 is 100 Å². The molecule has 1 N–H and O–H groups in total. The minimum Gasteiger partial charge on any atom is -0.497 e. The Hall–Kier alpha value is -7.95. The number of aliphatic hydroxyl groups excluding tert-OH is 1. The molecule has 2 saturated heterocycles. The first kappa shape index (κ1) is 84.0. The summed E-state index contributed by atoms with van der Waals surface area (Å²) in [5, 5.41) is 9.60. The lowest BCUT2D eigenvalue weighted by Gasteiger charge is -2.24. The van der Waals surface area contributed by atoms with Crippen molar-refractivity contribution in [2.45, 2.75) is 161 Å². The maximum Gasteiger partial charge on any atom is 0.342 e. The van der Waals surface area contributed by atoms with Crippen LogP contribution in [-0.2, 0) is 58.7 Å². The van der Waals surface area contributed by atoms with Crippen LogP contribution in [-0.4, -0.2) is 169 Å². The Balaban J connectivity index is 0.000000329. The number of aliphatic hydroxyl groups is 1. The second-order valence-electron chi connectivity index (χ2n) is 28.5. The van der Waals surface area contributed by atoms with Gasteiger partial charge < -0.3 is 80.9 Å². The van der Waals surface area contributed by atoms with Crippen molar-refractivity contribution in [1.29, 1.82) is 0 Å². The van der Waals surface area contributed by atoms with Crippen LogP contribution in [0.2, 0.25) is 51.4 Å². The molecule has 0 spiro atoms. The van der Waals surface area contributed by atoms with Crippen LogP contribution in [0.3, 0.4) is 0 Å². The Kier molecular flexibility index (Phi) is 33.4. The zero-order valence-electron chi connectivity index (χ0n) is 63.0. The van der Waals surface area contributed by atoms with Crippen LogP contribution in [0.4, 0.5) is 0 Å². The smallest absolute Gasteiger partial charge is 0.342 e. The average molecular weight is 1460 g/mol. The second kappa shape index (κ2) is 40.9. The maximum atomic E-state index is 13.6. The van der Waals surface area contributed by atoms with Crippen LogP contribution in [0.5, 0.6) is 28.7 Å². The number of hydrogen-bond donors (Lipinski definition) is 1. The standard InChI is InChI=1S/C44H58O11Si.C36H50O10Si/c1-31(28-50-29-32-19-21-35(48-5)22-20-32)18-23-37(53-42(45)33-14-11-10-12-15-33)41-38(54-44(2,3)55-41)17-13-16-34-26-36(49-6)27-39(52-30-47-4)40(34)43(46)51-24-25-56(7,8)9;1-25(23-37)17-18-29(44-34(38)26-13-10-9-11-14-26)33-30(45-36(2,3)46-33)16-12-15-27-21-28(41-5)22-31(43-24-40-4)32(27)35(39)42-19-20-47(6,7)8/h10-16,18-23,26-27,31,37-38,41H,17,24-25,28-30H2,1-9H3;9-15,17-18,21-22,25,29-30,33,37H,16,19-20,23-24H2,1-8H3/b16-13+,23-18-;15-12+,18-17-/t31-,37?,38-,41+;25-,29?,30-,33+/m00/s1. The van der Waals surface area contributed by atoms with Crippen molar-refractivity contribution in [2.24, 2.45) is 11.8 Å². The van der Waals surface area contributed by atoms with E-state index in [0.29, 0.717) is 73.0 Å². The van der Waals surface area contributed by atoms with Crippen molar-refractivity contribution in [3.8, 4) is 28.7 Å². The predicted octanol–water partition coefficient (Wildman–Crippen LogP) is 15.2. The van der Waals surface area contributed by atoms with Gasteiger partial charge in [0, 0.05) is 49.1 Å². The van der Waals surface area contributed by atoms with Gasteiger partial charge in [0.1, 0.15) is 64.3 Å². The molecule has 0 saturated carbocycles. The van der Waals surface area contributed by atoms with Gasteiger partial charge in [-0.1, -0.05) is 138 Å². The van der Waals surface area contributed by atoms with E-state index in [1.165, 1.54) is 21.3 Å². The van der Waals surface area contributed by atoms with Crippen LogP contribution in [0.15, 0.2) is 146 Å². The number of rotatable bonds is 38. The minimum atomic E-state index is -1.45. The van der Waals surface area contributed by atoms with Gasteiger partial charge in [-0.25, -0.2) is 19.2 Å². The first-order chi connectivity index (χ1) is 49.0. The van der Waals surface area contributed by atoms with Crippen LogP contribution in [0.1, 0.15) is 113 Å². The van der Waals surface area contributed by atoms with Crippen molar-refractivity contribution in [1.82, 2.24) is 0 Å². The highest BCUT2D eigenvalue weighted by Crippen LogP contribution is 2.38. The van der Waals surface area contributed by atoms with Crippen molar-refractivity contribution in [3.63, 3.8) is 0 Å². The molecule has 0 aliphatic carbocycles. The SMILES string of the molecule is COCOc1cc(OC)cc(/C=C/C[C@@H]2OC(C)(C)O[C@@H]2C(/C=C\[C@H](C)CO)OC(=O)c2ccccc2)c1C(=O)OCC[Si](C)(C)C.COCOc1cc(OC)cc(/C=C/C[C@@H]2OC(C)(C)O[C@@H]2C(/C=C\[C@H](C)COCc2ccc(OC)cc2)OC(=O)c2ccccc2)c1C(=O)OCC[Si](C)(C)C. The molecule has 23 heteroatoms. The lowest BCUT2D eigenvalue weighted by atomic mass is 10.0. The summed E-state index contributed by atoms with van der Waals surface area (Å²) in [5.41, 5.74) is 3.45. The summed E-state index contributed by atoms with van der Waals surface area (Å²) in [6.45, 7) is 25.8. The molecule has 5 aromatic carbocycles. The quantitative estimate of drug-likeness (QED) is 0.0127. The fraction of sp³-hybridized carbons (Fsp3) is 0.475. The molecule has 21 nitrogen and oxygen atoms in total. The first-order valence-corrected chi connectivity index (χ1v) is 42.2. The molecule has 562 valence electrons. The Labute approximate surface area is 610 Å². The molecule has 2 aliphatic heterocycles. The van der Waals surface area contributed by atoms with Gasteiger partial charge in [-0.3, -0.25) is 0 Å². The van der Waals surface area contributed by atoms with E-state index in [4.69, 9.17) is 75.8 Å². The predicted molar refractivity (Wildman–Crippen MR) is 400 cm³/mol. The third-order valence-corrected chi connectivity index (χ3v) is 19.6. The Morgan fingerprint density at radius 1 is 0.515 bits per heavy atom. The Bertz CT molecular complexity index is 3580. The molecule has 0 radical (unpaired) electrons. The van der Waals surface area contributed by atoms with E-state index < -0.39 is 88.2 Å². The highest BCUT2D eigenvalue weighted by atomic mass is 28.3. The third kappa shape index (κ3) is 28.2. The van der Waals surface area contributed by atoms with Gasteiger partial charge in [-0.2, -0.15) is 0 Å². The van der Waals surface area contributed by atoms with Gasteiger partial charge in [0.15, 0.2) is 25.2 Å². The molecule has 0 bridgehead atoms. The topological polar surface area (TPSA) is 236 Å². The molecule has 2 unspecified atom stereocenters. The molecule has 2 heterocycles. The van der Waals surface area contributed by atoms with E-state index >= 15 is 0 Å². The molecular formula is C80H108O21Si2. The zero-order chi connectivity index (χ0) is 75.3. The maximum absolute atomic E-state index is 13.6. The lowest BCUT2D eigenvalue weighted by molar-refractivity contribution is -0.153. The fourth-order valence-electron chi connectivity index (χ4n) is 10.7. The van der Waals surface area contributed by atoms with Crippen LogP contribution in [0.25, 0.3) is 12.2 Å². The van der Waals surface area contributed by atoms with Crippen LogP contribution >= 0.6 is 0 Å². The molecule has 7 rings (SSSR count). The largest absolute Gasteiger partial charge is 0.497 e. The van der Waals surface area contributed by atoms with Crippen molar-refractivity contribution >= 4 is 52.2 Å². The third-order valence-electron chi connectivity index (χ3n) is 16.2. The van der Waals surface area contributed by atoms with E-state index in [1.807, 2.05) is 94.5 Å². The van der Waals surface area contributed by atoms with E-state index in [0.717, 1.165) is 23.4 Å². The number of carbonyl (C=O) groups is 4. The first-order valence-electron chi connectivity index (χ1n) is 34.7. The summed E-state index contributed by atoms with van der Waals surface area (Å²) in [4.78, 5) is 53.5. The molecular weight excluding hydrogens is 1350 g/mol. The number of methoxy groups -OCH3 is 5. The number of esters is 4. The molecule has 5 aromatic rings. The van der Waals surface area contributed by atoms with Gasteiger partial charge in [0.25, 0.3) is 0 Å².